The molecule has 2 atom stereocenters. The van der Waals surface area contributed by atoms with Gasteiger partial charge in [-0.3, -0.25) is 14.5 Å². The number of primary sulfonamides is 1. The van der Waals surface area contributed by atoms with E-state index in [4.69, 9.17) is 16.7 Å². The number of rotatable bonds is 2. The van der Waals surface area contributed by atoms with Crippen LogP contribution in [0.2, 0.25) is 0 Å². The van der Waals surface area contributed by atoms with Crippen molar-refractivity contribution < 1.29 is 18.0 Å². The number of carbonyl (C=O) groups excluding carboxylic acids is 2. The van der Waals surface area contributed by atoms with Crippen LogP contribution in [0.5, 0.6) is 0 Å². The van der Waals surface area contributed by atoms with E-state index in [1.54, 1.807) is 6.08 Å². The third kappa shape index (κ3) is 2.45. The lowest BCUT2D eigenvalue weighted by Gasteiger charge is -2.17. The van der Waals surface area contributed by atoms with Crippen LogP contribution in [0, 0.1) is 11.8 Å². The molecule has 0 aromatic heterocycles. The highest BCUT2D eigenvalue weighted by atomic mass is 35.5. The van der Waals surface area contributed by atoms with Gasteiger partial charge >= 0.3 is 0 Å². The highest BCUT2D eigenvalue weighted by Crippen LogP contribution is 2.40. The lowest BCUT2D eigenvalue weighted by atomic mass is 9.85. The summed E-state index contributed by atoms with van der Waals surface area (Å²) in [6.07, 6.45) is 2.57. The highest BCUT2D eigenvalue weighted by Gasteiger charge is 2.48. The lowest BCUT2D eigenvalue weighted by molar-refractivity contribution is -0.122. The number of imide groups is 1. The van der Waals surface area contributed by atoms with E-state index >= 15 is 0 Å². The van der Waals surface area contributed by atoms with Crippen LogP contribution in [0.15, 0.2) is 40.3 Å². The number of halogens is 1. The Hall–Kier alpha value is -1.70. The first-order valence-corrected chi connectivity index (χ1v) is 8.56. The lowest BCUT2D eigenvalue weighted by Crippen LogP contribution is -2.30. The summed E-state index contributed by atoms with van der Waals surface area (Å²) in [5.74, 6) is -1.42. The smallest absolute Gasteiger partial charge is 0.238 e. The maximum Gasteiger partial charge on any atom is 0.238 e. The average Bonchev–Trinajstić information content (AvgIpc) is 2.70. The molecule has 2 amide bonds. The second-order valence-corrected chi connectivity index (χ2v) is 7.40. The number of amides is 2. The first kappa shape index (κ1) is 15.2. The van der Waals surface area contributed by atoms with Gasteiger partial charge in [-0.2, -0.15) is 0 Å². The van der Waals surface area contributed by atoms with Gasteiger partial charge < -0.3 is 0 Å². The van der Waals surface area contributed by atoms with Crippen molar-refractivity contribution in [2.45, 2.75) is 17.7 Å². The van der Waals surface area contributed by atoms with Crippen LogP contribution in [-0.2, 0) is 19.6 Å². The van der Waals surface area contributed by atoms with Crippen molar-refractivity contribution in [3.63, 3.8) is 0 Å². The van der Waals surface area contributed by atoms with Gasteiger partial charge in [0.25, 0.3) is 0 Å². The number of sulfonamides is 1. The van der Waals surface area contributed by atoms with Crippen LogP contribution in [0.4, 0.5) is 5.69 Å². The number of hydrogen-bond donors (Lipinski definition) is 1. The minimum absolute atomic E-state index is 0.0718. The van der Waals surface area contributed by atoms with Crippen LogP contribution in [-0.4, -0.2) is 20.2 Å². The molecular formula is C14H13ClN2O4S. The standard InChI is InChI=1S/C14H13ClN2O4S/c15-8-1-6-11-12(7-8)14(19)17(13(11)18)9-2-4-10(5-3-9)22(16,20)21/h1-5,11-12H,6-7H2,(H2,16,20,21)/t11-,12-/m1/s1. The van der Waals surface area contributed by atoms with Gasteiger partial charge in [-0.1, -0.05) is 17.7 Å². The Morgan fingerprint density at radius 3 is 2.27 bits per heavy atom. The second kappa shape index (κ2) is 5.19. The zero-order valence-electron chi connectivity index (χ0n) is 11.4. The van der Waals surface area contributed by atoms with Crippen molar-refractivity contribution in [2.24, 2.45) is 17.0 Å². The topological polar surface area (TPSA) is 97.5 Å². The Morgan fingerprint density at radius 1 is 1.09 bits per heavy atom. The molecule has 1 saturated heterocycles. The summed E-state index contributed by atoms with van der Waals surface area (Å²) in [5.41, 5.74) is 0.341. The Kier molecular flexibility index (Phi) is 3.58. The van der Waals surface area contributed by atoms with E-state index in [1.807, 2.05) is 0 Å². The Morgan fingerprint density at radius 2 is 1.68 bits per heavy atom. The number of carbonyl (C=O) groups is 2. The summed E-state index contributed by atoms with van der Waals surface area (Å²) in [6.45, 7) is 0. The number of fused-ring (bicyclic) bond motifs is 1. The van der Waals surface area contributed by atoms with Gasteiger partial charge in [0, 0.05) is 5.03 Å². The predicted octanol–water partition coefficient (Wildman–Crippen LogP) is 1.36. The van der Waals surface area contributed by atoms with Crippen molar-refractivity contribution in [1.82, 2.24) is 0 Å². The van der Waals surface area contributed by atoms with Gasteiger partial charge in [0.15, 0.2) is 0 Å². The molecule has 0 spiro atoms. The van der Waals surface area contributed by atoms with E-state index < -0.39 is 21.9 Å². The normalized spacial score (nSPS) is 25.2. The van der Waals surface area contributed by atoms with E-state index in [9.17, 15) is 18.0 Å². The minimum atomic E-state index is -3.81. The van der Waals surface area contributed by atoms with Crippen LogP contribution >= 0.6 is 11.6 Å². The maximum atomic E-state index is 12.5. The zero-order valence-corrected chi connectivity index (χ0v) is 13.0. The summed E-state index contributed by atoms with van der Waals surface area (Å²) in [5, 5.41) is 5.62. The molecule has 0 bridgehead atoms. The van der Waals surface area contributed by atoms with E-state index in [1.165, 1.54) is 24.3 Å². The Labute approximate surface area is 132 Å². The molecule has 0 saturated carbocycles. The van der Waals surface area contributed by atoms with Gasteiger partial charge in [0.1, 0.15) is 0 Å². The van der Waals surface area contributed by atoms with Crippen LogP contribution in [0.25, 0.3) is 0 Å². The van der Waals surface area contributed by atoms with Crippen molar-refractivity contribution in [3.8, 4) is 0 Å². The third-order valence-electron chi connectivity index (χ3n) is 3.99. The van der Waals surface area contributed by atoms with Gasteiger partial charge in [-0.25, -0.2) is 13.6 Å². The number of nitrogens with zero attached hydrogens (tertiary/aromatic N) is 1. The molecule has 22 heavy (non-hydrogen) atoms. The Balaban J connectivity index is 1.93. The molecule has 3 rings (SSSR count). The number of nitrogens with two attached hydrogens (primary N) is 1. The SMILES string of the molecule is NS(=O)(=O)c1ccc(N2C(=O)[C@@H]3CC=C(Cl)C[C@H]3C2=O)cc1. The van der Waals surface area contributed by atoms with Crippen molar-refractivity contribution in [2.75, 3.05) is 4.90 Å². The molecule has 2 aliphatic rings. The van der Waals surface area contributed by atoms with E-state index in [2.05, 4.69) is 0 Å². The maximum absolute atomic E-state index is 12.5. The van der Waals surface area contributed by atoms with Gasteiger partial charge in [0.2, 0.25) is 21.8 Å². The minimum Gasteiger partial charge on any atom is -0.274 e. The molecule has 1 aliphatic carbocycles. The summed E-state index contributed by atoms with van der Waals surface area (Å²) in [4.78, 5) is 25.9. The van der Waals surface area contributed by atoms with Crippen LogP contribution in [0.1, 0.15) is 12.8 Å². The molecule has 0 radical (unpaired) electrons. The predicted molar refractivity (Wildman–Crippen MR) is 80.5 cm³/mol. The van der Waals surface area contributed by atoms with Gasteiger partial charge in [0.05, 0.1) is 22.4 Å². The summed E-state index contributed by atoms with van der Waals surface area (Å²) in [6, 6.07) is 5.36. The molecule has 8 heteroatoms. The van der Waals surface area contributed by atoms with Crippen LogP contribution in [0.3, 0.4) is 0 Å². The molecule has 116 valence electrons. The summed E-state index contributed by atoms with van der Waals surface area (Å²) >= 11 is 5.96. The van der Waals surface area contributed by atoms with Crippen LogP contribution < -0.4 is 10.0 Å². The van der Waals surface area contributed by atoms with E-state index in [0.717, 1.165) is 4.90 Å². The fourth-order valence-electron chi connectivity index (χ4n) is 2.87. The molecule has 6 nitrogen and oxygen atoms in total. The fourth-order valence-corrected chi connectivity index (χ4v) is 3.64. The largest absolute Gasteiger partial charge is 0.274 e. The second-order valence-electron chi connectivity index (χ2n) is 5.35. The molecule has 0 unspecified atom stereocenters. The van der Waals surface area contributed by atoms with E-state index in [-0.39, 0.29) is 16.7 Å². The molecular weight excluding hydrogens is 328 g/mol. The summed E-state index contributed by atoms with van der Waals surface area (Å²) < 4.78 is 22.5. The molecule has 1 aromatic rings. The number of allylic oxidation sites excluding steroid dienone is 2. The van der Waals surface area contributed by atoms with Gasteiger partial charge in [-0.05, 0) is 37.1 Å². The van der Waals surface area contributed by atoms with E-state index in [0.29, 0.717) is 23.6 Å². The molecule has 1 aliphatic heterocycles. The average molecular weight is 341 g/mol. The highest BCUT2D eigenvalue weighted by molar-refractivity contribution is 7.89. The number of hydrogen-bond acceptors (Lipinski definition) is 4. The first-order valence-electron chi connectivity index (χ1n) is 6.64. The number of benzene rings is 1. The first-order chi connectivity index (χ1) is 10.3. The van der Waals surface area contributed by atoms with Crippen molar-refractivity contribution in [1.29, 1.82) is 0 Å². The van der Waals surface area contributed by atoms with Crippen molar-refractivity contribution in [3.05, 3.63) is 35.4 Å². The molecule has 1 aromatic carbocycles. The quantitative estimate of drug-likeness (QED) is 0.822. The third-order valence-corrected chi connectivity index (χ3v) is 5.23. The number of anilines is 1. The monoisotopic (exact) mass is 340 g/mol. The zero-order chi connectivity index (χ0) is 16.1. The fraction of sp³-hybridized carbons (Fsp3) is 0.286. The molecule has 2 N–H and O–H groups in total. The molecule has 1 fully saturated rings. The Bertz CT molecular complexity index is 786. The summed E-state index contributed by atoms with van der Waals surface area (Å²) in [7, 11) is -3.81. The van der Waals surface area contributed by atoms with Gasteiger partial charge in [-0.15, -0.1) is 0 Å². The van der Waals surface area contributed by atoms with Crippen molar-refractivity contribution >= 4 is 39.1 Å². The molecule has 1 heterocycles.